The van der Waals surface area contributed by atoms with Crippen molar-refractivity contribution in [3.8, 4) is 5.75 Å². The number of hydrogen-bond acceptors (Lipinski definition) is 9. The lowest BCUT2D eigenvalue weighted by Crippen LogP contribution is -2.54. The largest absolute Gasteiger partial charge is 0.501 e. The molecule has 3 aliphatic rings. The predicted molar refractivity (Wildman–Crippen MR) is 166 cm³/mol. The second-order valence-electron chi connectivity index (χ2n) is 12.5. The summed E-state index contributed by atoms with van der Waals surface area (Å²) >= 11 is 0. The van der Waals surface area contributed by atoms with E-state index < -0.39 is 61.6 Å². The molecule has 0 atom stereocenters. The van der Waals surface area contributed by atoms with Crippen molar-refractivity contribution in [2.75, 3.05) is 27.7 Å². The summed E-state index contributed by atoms with van der Waals surface area (Å²) in [4.78, 5) is 60.1. The third-order valence-corrected chi connectivity index (χ3v) is 10.4. The molecular formula is C32H36FN5O8S. The van der Waals surface area contributed by atoms with Gasteiger partial charge < -0.3 is 20.2 Å². The van der Waals surface area contributed by atoms with Gasteiger partial charge in [-0.2, -0.15) is 8.42 Å². The lowest BCUT2D eigenvalue weighted by molar-refractivity contribution is -0.155. The van der Waals surface area contributed by atoms with Crippen LogP contribution in [0, 0.1) is 18.2 Å². The maximum absolute atomic E-state index is 13.8. The number of hydrogen-bond donors (Lipinski definition) is 2. The fraction of sp³-hybridized carbons (Fsp3) is 0.406. The number of benzene rings is 2. The average molecular weight is 670 g/mol. The summed E-state index contributed by atoms with van der Waals surface area (Å²) in [6.07, 6.45) is 0.829. The number of fused-ring (bicyclic) bond motifs is 2. The molecule has 3 aromatic rings. The Hall–Kier alpha value is -4.63. The van der Waals surface area contributed by atoms with Gasteiger partial charge in [-0.15, -0.1) is 0 Å². The number of aromatic hydroxyl groups is 1. The van der Waals surface area contributed by atoms with Crippen LogP contribution in [0.1, 0.15) is 53.1 Å². The molecule has 1 saturated carbocycles. The van der Waals surface area contributed by atoms with Crippen LogP contribution in [0.15, 0.2) is 58.2 Å². The van der Waals surface area contributed by atoms with Gasteiger partial charge in [0.2, 0.25) is 5.75 Å². The Morgan fingerprint density at radius 2 is 1.62 bits per heavy atom. The highest BCUT2D eigenvalue weighted by atomic mass is 32.2. The van der Waals surface area contributed by atoms with Crippen molar-refractivity contribution >= 4 is 27.8 Å². The SMILES string of the molecule is Cc1ccc(S(=O)(=O)OCC23CCC(N(C)C(=O)C(=O)N(C)C)(CC2)c2nc(C(=O)NCc4ccc(F)cc4)c(O)c(=O)n2C3)cc1. The minimum absolute atomic E-state index is 0.0181. The number of nitrogens with one attached hydrogen (secondary N) is 1. The Bertz CT molecular complexity index is 1880. The van der Waals surface area contributed by atoms with Crippen LogP contribution in [-0.2, 0) is 42.5 Å². The zero-order chi connectivity index (χ0) is 34.3. The fourth-order valence-electron chi connectivity index (χ4n) is 6.16. The van der Waals surface area contributed by atoms with E-state index in [9.17, 15) is 37.1 Å². The number of aromatic nitrogens is 2. The summed E-state index contributed by atoms with van der Waals surface area (Å²) < 4.78 is 46.3. The molecular weight excluding hydrogens is 633 g/mol. The summed E-state index contributed by atoms with van der Waals surface area (Å²) in [5.74, 6) is -4.00. The van der Waals surface area contributed by atoms with E-state index in [1.165, 1.54) is 62.4 Å². The van der Waals surface area contributed by atoms with Gasteiger partial charge in [-0.25, -0.2) is 9.37 Å². The highest BCUT2D eigenvalue weighted by Gasteiger charge is 2.55. The topological polar surface area (TPSA) is 168 Å². The minimum Gasteiger partial charge on any atom is -0.501 e. The monoisotopic (exact) mass is 669 g/mol. The normalized spacial score (nSPS) is 20.2. The van der Waals surface area contributed by atoms with E-state index in [2.05, 4.69) is 10.3 Å². The third kappa shape index (κ3) is 6.37. The number of halogens is 1. The Kier molecular flexibility index (Phi) is 8.99. The molecule has 0 saturated heterocycles. The molecule has 47 heavy (non-hydrogen) atoms. The smallest absolute Gasteiger partial charge is 0.312 e. The first kappa shape index (κ1) is 33.7. The highest BCUT2D eigenvalue weighted by molar-refractivity contribution is 7.86. The van der Waals surface area contributed by atoms with Gasteiger partial charge in [-0.3, -0.25) is 27.9 Å². The summed E-state index contributed by atoms with van der Waals surface area (Å²) in [7, 11) is 0.0945. The molecule has 13 nitrogen and oxygen atoms in total. The highest BCUT2D eigenvalue weighted by Crippen LogP contribution is 2.52. The summed E-state index contributed by atoms with van der Waals surface area (Å²) in [6, 6.07) is 11.5. The molecule has 2 aromatic carbocycles. The lowest BCUT2D eigenvalue weighted by Gasteiger charge is -2.46. The number of aryl methyl sites for hydroxylation is 1. The molecule has 15 heteroatoms. The average Bonchev–Trinajstić information content (AvgIpc) is 3.28. The molecule has 1 aromatic heterocycles. The van der Waals surface area contributed by atoms with Crippen molar-refractivity contribution in [2.24, 2.45) is 5.41 Å². The van der Waals surface area contributed by atoms with Gasteiger partial charge in [-0.1, -0.05) is 29.8 Å². The molecule has 2 bridgehead atoms. The van der Waals surface area contributed by atoms with Crippen LogP contribution in [0.25, 0.3) is 0 Å². The zero-order valence-corrected chi connectivity index (χ0v) is 27.3. The number of carbonyl (C=O) groups excluding carboxylic acids is 3. The van der Waals surface area contributed by atoms with E-state index in [1.54, 1.807) is 12.1 Å². The standard InChI is InChI=1S/C32H36FN5O8S/c1-20-5-11-23(12-6-20)47(44,45)46-19-31-13-15-32(16-14-31,37(4)29(43)28(42)36(2)3)30-35-24(25(39)27(41)38(30)18-31)26(40)34-17-21-7-9-22(33)10-8-21/h5-12,39H,13-19H2,1-4H3,(H,34,40). The van der Waals surface area contributed by atoms with Gasteiger partial charge in [0, 0.05) is 39.6 Å². The molecule has 3 heterocycles. The van der Waals surface area contributed by atoms with Crippen LogP contribution in [0.4, 0.5) is 4.39 Å². The quantitative estimate of drug-likeness (QED) is 0.269. The van der Waals surface area contributed by atoms with Gasteiger partial charge in [0.1, 0.15) is 17.2 Å². The first-order valence-electron chi connectivity index (χ1n) is 14.9. The van der Waals surface area contributed by atoms with Gasteiger partial charge in [0.25, 0.3) is 21.6 Å². The van der Waals surface area contributed by atoms with Crippen LogP contribution < -0.4 is 10.9 Å². The van der Waals surface area contributed by atoms with Crippen LogP contribution in [0.3, 0.4) is 0 Å². The van der Waals surface area contributed by atoms with E-state index in [1.807, 2.05) is 6.92 Å². The Morgan fingerprint density at radius 3 is 2.21 bits per heavy atom. The lowest BCUT2D eigenvalue weighted by atomic mass is 9.68. The molecule has 1 fully saturated rings. The minimum atomic E-state index is -4.17. The zero-order valence-electron chi connectivity index (χ0n) is 26.4. The summed E-state index contributed by atoms with van der Waals surface area (Å²) in [5.41, 5.74) is -2.44. The van der Waals surface area contributed by atoms with Crippen molar-refractivity contribution in [3.05, 3.63) is 87.3 Å². The number of likely N-dealkylation sites (N-methyl/N-ethyl adjacent to an activating group) is 2. The van der Waals surface area contributed by atoms with Gasteiger partial charge >= 0.3 is 11.8 Å². The number of rotatable bonds is 8. The molecule has 0 unspecified atom stereocenters. The number of nitrogens with zero attached hydrogens (tertiary/aromatic N) is 4. The summed E-state index contributed by atoms with van der Waals surface area (Å²) in [5, 5.41) is 13.5. The molecule has 0 spiro atoms. The number of amides is 3. The molecule has 1 aliphatic carbocycles. The first-order chi connectivity index (χ1) is 22.1. The van der Waals surface area contributed by atoms with Crippen molar-refractivity contribution in [3.63, 3.8) is 0 Å². The fourth-order valence-corrected chi connectivity index (χ4v) is 7.17. The van der Waals surface area contributed by atoms with Crippen LogP contribution in [0.5, 0.6) is 5.75 Å². The second-order valence-corrected chi connectivity index (χ2v) is 14.1. The Morgan fingerprint density at radius 1 is 1.00 bits per heavy atom. The molecule has 6 rings (SSSR count). The van der Waals surface area contributed by atoms with Crippen LogP contribution in [0.2, 0.25) is 0 Å². The molecule has 0 radical (unpaired) electrons. The summed E-state index contributed by atoms with van der Waals surface area (Å²) in [6.45, 7) is 1.33. The van der Waals surface area contributed by atoms with Crippen LogP contribution >= 0.6 is 0 Å². The van der Waals surface area contributed by atoms with Crippen LogP contribution in [-0.4, -0.2) is 78.3 Å². The first-order valence-corrected chi connectivity index (χ1v) is 16.3. The van der Waals surface area contributed by atoms with E-state index >= 15 is 0 Å². The Balaban J connectivity index is 1.54. The van der Waals surface area contributed by atoms with E-state index in [-0.39, 0.29) is 56.1 Å². The van der Waals surface area contributed by atoms with E-state index in [0.29, 0.717) is 5.56 Å². The number of carbonyl (C=O) groups is 3. The molecule has 2 N–H and O–H groups in total. The van der Waals surface area contributed by atoms with E-state index in [0.717, 1.165) is 15.0 Å². The predicted octanol–water partition coefficient (Wildman–Crippen LogP) is 2.05. The molecule has 2 aliphatic heterocycles. The van der Waals surface area contributed by atoms with Crippen molar-refractivity contribution in [1.29, 1.82) is 0 Å². The van der Waals surface area contributed by atoms with Gasteiger partial charge in [0.05, 0.1) is 11.5 Å². The Labute approximate surface area is 271 Å². The second kappa shape index (κ2) is 12.5. The van der Waals surface area contributed by atoms with Crippen molar-refractivity contribution in [1.82, 2.24) is 24.7 Å². The van der Waals surface area contributed by atoms with Crippen molar-refractivity contribution < 1.29 is 36.5 Å². The van der Waals surface area contributed by atoms with Gasteiger partial charge in [-0.05, 0) is 62.4 Å². The molecule has 3 amide bonds. The maximum Gasteiger partial charge on any atom is 0.312 e. The van der Waals surface area contributed by atoms with E-state index in [4.69, 9.17) is 4.18 Å². The third-order valence-electron chi connectivity index (χ3n) is 9.14. The maximum atomic E-state index is 13.8. The van der Waals surface area contributed by atoms with Gasteiger partial charge in [0.15, 0.2) is 5.69 Å². The molecule has 250 valence electrons. The van der Waals surface area contributed by atoms with Crippen molar-refractivity contribution in [2.45, 2.75) is 56.1 Å².